The van der Waals surface area contributed by atoms with E-state index in [2.05, 4.69) is 67.7 Å². The Hall–Kier alpha value is -1.64. The van der Waals surface area contributed by atoms with E-state index in [0.29, 0.717) is 6.61 Å². The Labute approximate surface area is 120 Å². The molecule has 2 heteroatoms. The molecule has 0 radical (unpaired) electrons. The zero-order valence-corrected chi connectivity index (χ0v) is 12.1. The molecule has 1 aliphatic rings. The predicted molar refractivity (Wildman–Crippen MR) is 81.7 cm³/mol. The van der Waals surface area contributed by atoms with E-state index in [1.54, 1.807) is 0 Å². The van der Waals surface area contributed by atoms with E-state index in [1.165, 1.54) is 16.7 Å². The van der Waals surface area contributed by atoms with Gasteiger partial charge in [0.25, 0.3) is 0 Å². The van der Waals surface area contributed by atoms with Crippen LogP contribution in [0, 0.1) is 6.92 Å². The van der Waals surface area contributed by atoms with Gasteiger partial charge in [-0.25, -0.2) is 0 Å². The summed E-state index contributed by atoms with van der Waals surface area (Å²) in [6, 6.07) is 19.1. The average molecular weight is 267 g/mol. The summed E-state index contributed by atoms with van der Waals surface area (Å²) in [6.45, 7) is 5.85. The fourth-order valence-electron chi connectivity index (χ4n) is 2.77. The minimum Gasteiger partial charge on any atom is -0.370 e. The van der Waals surface area contributed by atoms with E-state index in [-0.39, 0.29) is 11.6 Å². The minimum absolute atomic E-state index is 0.0956. The number of rotatable bonds is 2. The van der Waals surface area contributed by atoms with Gasteiger partial charge in [0.05, 0.1) is 18.2 Å². The smallest absolute Gasteiger partial charge is 0.0950 e. The van der Waals surface area contributed by atoms with Crippen LogP contribution in [0.25, 0.3) is 0 Å². The van der Waals surface area contributed by atoms with Crippen LogP contribution in [0.1, 0.15) is 29.7 Å². The number of ether oxygens (including phenoxy) is 1. The summed E-state index contributed by atoms with van der Waals surface area (Å²) in [7, 11) is 0. The highest BCUT2D eigenvalue weighted by atomic mass is 16.5. The van der Waals surface area contributed by atoms with Gasteiger partial charge in [0, 0.05) is 6.54 Å². The first-order chi connectivity index (χ1) is 9.67. The third-order valence-corrected chi connectivity index (χ3v) is 4.08. The third kappa shape index (κ3) is 2.62. The van der Waals surface area contributed by atoms with Crippen LogP contribution in [0.3, 0.4) is 0 Å². The lowest BCUT2D eigenvalue weighted by Crippen LogP contribution is -2.50. The molecule has 0 saturated carbocycles. The van der Waals surface area contributed by atoms with E-state index >= 15 is 0 Å². The van der Waals surface area contributed by atoms with Crippen molar-refractivity contribution < 1.29 is 4.74 Å². The lowest BCUT2D eigenvalue weighted by Gasteiger charge is -2.39. The van der Waals surface area contributed by atoms with Gasteiger partial charge in [0.1, 0.15) is 0 Å². The summed E-state index contributed by atoms with van der Waals surface area (Å²) in [5.74, 6) is 0. The molecule has 0 spiro atoms. The second-order valence-corrected chi connectivity index (χ2v) is 5.79. The molecule has 0 aliphatic carbocycles. The molecular weight excluding hydrogens is 246 g/mol. The molecule has 0 amide bonds. The maximum Gasteiger partial charge on any atom is 0.0950 e. The van der Waals surface area contributed by atoms with E-state index in [4.69, 9.17) is 4.74 Å². The molecule has 2 unspecified atom stereocenters. The summed E-state index contributed by atoms with van der Waals surface area (Å²) in [5.41, 5.74) is 3.72. The van der Waals surface area contributed by atoms with E-state index < -0.39 is 0 Å². The van der Waals surface area contributed by atoms with E-state index in [0.717, 1.165) is 6.54 Å². The molecule has 1 saturated heterocycles. The topological polar surface area (TPSA) is 21.3 Å². The van der Waals surface area contributed by atoms with Crippen molar-refractivity contribution in [1.82, 2.24) is 5.32 Å². The average Bonchev–Trinajstić information content (AvgIpc) is 2.49. The summed E-state index contributed by atoms with van der Waals surface area (Å²) < 4.78 is 6.13. The van der Waals surface area contributed by atoms with Crippen molar-refractivity contribution in [3.05, 3.63) is 71.3 Å². The first-order valence-corrected chi connectivity index (χ1v) is 7.16. The van der Waals surface area contributed by atoms with E-state index in [9.17, 15) is 0 Å². The summed E-state index contributed by atoms with van der Waals surface area (Å²) >= 11 is 0. The van der Waals surface area contributed by atoms with Gasteiger partial charge in [0.15, 0.2) is 0 Å². The van der Waals surface area contributed by atoms with Crippen LogP contribution in [-0.4, -0.2) is 13.2 Å². The van der Waals surface area contributed by atoms with Gasteiger partial charge in [-0.3, -0.25) is 0 Å². The second kappa shape index (κ2) is 5.39. The predicted octanol–water partition coefficient (Wildman–Crippen LogP) is 3.57. The third-order valence-electron chi connectivity index (χ3n) is 4.08. The summed E-state index contributed by atoms with van der Waals surface area (Å²) in [5, 5.41) is 3.65. The van der Waals surface area contributed by atoms with Crippen LogP contribution in [0.2, 0.25) is 0 Å². The number of hydrogen-bond donors (Lipinski definition) is 1. The first kappa shape index (κ1) is 13.3. The van der Waals surface area contributed by atoms with Crippen molar-refractivity contribution in [2.45, 2.75) is 25.5 Å². The highest BCUT2D eigenvalue weighted by molar-refractivity contribution is 5.27. The molecule has 0 bridgehead atoms. The highest BCUT2D eigenvalue weighted by Gasteiger charge is 2.33. The Kier molecular flexibility index (Phi) is 3.60. The number of benzene rings is 2. The normalized spacial score (nSPS) is 26.4. The fraction of sp³-hybridized carbons (Fsp3) is 0.333. The minimum atomic E-state index is -0.0956. The zero-order valence-electron chi connectivity index (χ0n) is 12.1. The second-order valence-electron chi connectivity index (χ2n) is 5.79. The van der Waals surface area contributed by atoms with Gasteiger partial charge in [0.2, 0.25) is 0 Å². The largest absolute Gasteiger partial charge is 0.370 e. The molecule has 2 aromatic rings. The zero-order chi connectivity index (χ0) is 14.0. The Bertz CT molecular complexity index is 571. The molecule has 2 atom stereocenters. The molecule has 1 N–H and O–H groups in total. The van der Waals surface area contributed by atoms with Crippen molar-refractivity contribution in [3.63, 3.8) is 0 Å². The monoisotopic (exact) mass is 267 g/mol. The van der Waals surface area contributed by atoms with Gasteiger partial charge >= 0.3 is 0 Å². The standard InChI is InChI=1S/C18H21NO/c1-14-7-6-8-15(11-14)17-12-19-18(2,13-20-17)16-9-4-3-5-10-16/h3-11,17,19H,12-13H2,1-2H3. The van der Waals surface area contributed by atoms with Gasteiger partial charge in [-0.05, 0) is 25.0 Å². The molecule has 2 aromatic carbocycles. The van der Waals surface area contributed by atoms with Crippen LogP contribution in [0.5, 0.6) is 0 Å². The molecule has 104 valence electrons. The molecule has 1 fully saturated rings. The maximum absolute atomic E-state index is 6.13. The Morgan fingerprint density at radius 3 is 2.55 bits per heavy atom. The van der Waals surface area contributed by atoms with Gasteiger partial charge in [-0.2, -0.15) is 0 Å². The van der Waals surface area contributed by atoms with Gasteiger partial charge < -0.3 is 10.1 Å². The van der Waals surface area contributed by atoms with Crippen LogP contribution < -0.4 is 5.32 Å². The molecule has 3 rings (SSSR count). The molecular formula is C18H21NO. The van der Waals surface area contributed by atoms with Crippen LogP contribution in [0.15, 0.2) is 54.6 Å². The summed E-state index contributed by atoms with van der Waals surface area (Å²) in [4.78, 5) is 0. The first-order valence-electron chi connectivity index (χ1n) is 7.16. The van der Waals surface area contributed by atoms with Crippen LogP contribution >= 0.6 is 0 Å². The van der Waals surface area contributed by atoms with Crippen molar-refractivity contribution in [2.24, 2.45) is 0 Å². The molecule has 2 nitrogen and oxygen atoms in total. The molecule has 1 heterocycles. The SMILES string of the molecule is Cc1cccc(C2CNC(C)(c3ccccc3)CO2)c1. The van der Waals surface area contributed by atoms with Crippen molar-refractivity contribution >= 4 is 0 Å². The maximum atomic E-state index is 6.13. The molecule has 20 heavy (non-hydrogen) atoms. The lowest BCUT2D eigenvalue weighted by atomic mass is 9.90. The number of hydrogen-bond acceptors (Lipinski definition) is 2. The summed E-state index contributed by atoms with van der Waals surface area (Å²) in [6.07, 6.45) is 0.145. The van der Waals surface area contributed by atoms with Crippen LogP contribution in [0.4, 0.5) is 0 Å². The lowest BCUT2D eigenvalue weighted by molar-refractivity contribution is -0.0308. The van der Waals surface area contributed by atoms with Gasteiger partial charge in [-0.1, -0.05) is 60.2 Å². The number of nitrogens with one attached hydrogen (secondary N) is 1. The molecule has 1 aliphatic heterocycles. The van der Waals surface area contributed by atoms with Crippen LogP contribution in [-0.2, 0) is 10.3 Å². The van der Waals surface area contributed by atoms with Crippen molar-refractivity contribution in [1.29, 1.82) is 0 Å². The Morgan fingerprint density at radius 2 is 1.90 bits per heavy atom. The number of morpholine rings is 1. The van der Waals surface area contributed by atoms with Crippen molar-refractivity contribution in [3.8, 4) is 0 Å². The van der Waals surface area contributed by atoms with Gasteiger partial charge in [-0.15, -0.1) is 0 Å². The Morgan fingerprint density at radius 1 is 1.10 bits per heavy atom. The quantitative estimate of drug-likeness (QED) is 0.898. The molecule has 0 aromatic heterocycles. The Balaban J connectivity index is 1.74. The van der Waals surface area contributed by atoms with Crippen molar-refractivity contribution in [2.75, 3.05) is 13.2 Å². The fourth-order valence-corrected chi connectivity index (χ4v) is 2.77. The number of aryl methyl sites for hydroxylation is 1. The van der Waals surface area contributed by atoms with E-state index in [1.807, 2.05) is 6.07 Å². The highest BCUT2D eigenvalue weighted by Crippen LogP contribution is 2.30.